The molecule has 0 amide bonds. The average molecular weight is 492 g/mol. The summed E-state index contributed by atoms with van der Waals surface area (Å²) in [7, 11) is -4.01. The van der Waals surface area contributed by atoms with Crippen LogP contribution in [0.4, 0.5) is 18.9 Å². The van der Waals surface area contributed by atoms with E-state index in [1.807, 2.05) is 0 Å². The van der Waals surface area contributed by atoms with Crippen LogP contribution in [-0.2, 0) is 16.2 Å². The van der Waals surface area contributed by atoms with Crippen molar-refractivity contribution in [2.24, 2.45) is 0 Å². The van der Waals surface area contributed by atoms with Crippen LogP contribution in [0.5, 0.6) is 0 Å². The number of allylic oxidation sites excluding steroid dienone is 4. The van der Waals surface area contributed by atoms with Gasteiger partial charge in [0.15, 0.2) is 10.0 Å². The minimum absolute atomic E-state index is 0.0354. The lowest BCUT2D eigenvalue weighted by molar-refractivity contribution is -0.137. The molecule has 0 aliphatic heterocycles. The van der Waals surface area contributed by atoms with E-state index < -0.39 is 27.7 Å². The molecule has 1 aliphatic carbocycles. The number of carbonyl (C=O) groups is 1. The lowest BCUT2D eigenvalue weighted by Gasteiger charge is -2.26. The normalized spacial score (nSPS) is 14.0. The predicted octanol–water partition coefficient (Wildman–Crippen LogP) is 4.14. The summed E-state index contributed by atoms with van der Waals surface area (Å²) in [5.41, 5.74) is 1.82. The fourth-order valence-corrected chi connectivity index (χ4v) is 5.71. The molecule has 0 saturated carbocycles. The monoisotopic (exact) mass is 491 g/mol. The number of thiazole rings is 1. The molecule has 7 nitrogen and oxygen atoms in total. The Morgan fingerprint density at radius 3 is 2.55 bits per heavy atom. The number of benzene rings is 1. The van der Waals surface area contributed by atoms with Gasteiger partial charge in [0.05, 0.1) is 16.2 Å². The van der Waals surface area contributed by atoms with Crippen LogP contribution < -0.4 is 9.84 Å². The average Bonchev–Trinajstić information content (AvgIpc) is 3.40. The lowest BCUT2D eigenvalue weighted by Crippen LogP contribution is -2.44. The van der Waals surface area contributed by atoms with Gasteiger partial charge in [-0.05, 0) is 30.3 Å². The third-order valence-corrected chi connectivity index (χ3v) is 7.83. The van der Waals surface area contributed by atoms with Crippen molar-refractivity contribution < 1.29 is 31.5 Å². The van der Waals surface area contributed by atoms with E-state index in [9.17, 15) is 26.4 Å². The molecule has 0 bridgehead atoms. The molecule has 2 aromatic rings. The minimum atomic E-state index is -4.54. The fraction of sp³-hybridized carbons (Fsp3) is 0.222. The first-order valence-corrected chi connectivity index (χ1v) is 12.0. The summed E-state index contributed by atoms with van der Waals surface area (Å²) in [6.45, 7) is 0.133. The molecule has 0 unspecified atom stereocenters. The van der Waals surface area contributed by atoms with Gasteiger partial charge >= 0.3 is 12.1 Å². The maximum absolute atomic E-state index is 13.0. The Morgan fingerprint density at radius 2 is 2.00 bits per heavy atom. The first-order chi connectivity index (χ1) is 14.6. The Morgan fingerprint density at radius 1 is 1.29 bits per heavy atom. The SMILES string of the molecule is O=C(O)c1csc(SCCNN(c2ccc(C(F)(F)F)cc2)S(=O)(=O)C2=CC=CC2)n1. The highest BCUT2D eigenvalue weighted by atomic mass is 32.2. The van der Waals surface area contributed by atoms with E-state index in [0.29, 0.717) is 10.1 Å². The maximum atomic E-state index is 13.0. The third-order valence-electron chi connectivity index (χ3n) is 4.02. The summed E-state index contributed by atoms with van der Waals surface area (Å²) >= 11 is 2.38. The van der Waals surface area contributed by atoms with Crippen LogP contribution in [-0.4, -0.2) is 36.8 Å². The zero-order chi connectivity index (χ0) is 22.6. The van der Waals surface area contributed by atoms with E-state index in [2.05, 4.69) is 10.4 Å². The van der Waals surface area contributed by atoms with Crippen LogP contribution in [0.15, 0.2) is 57.1 Å². The van der Waals surface area contributed by atoms with E-state index >= 15 is 0 Å². The van der Waals surface area contributed by atoms with Gasteiger partial charge in [0.1, 0.15) is 0 Å². The molecule has 0 radical (unpaired) electrons. The van der Waals surface area contributed by atoms with Gasteiger partial charge in [-0.2, -0.15) is 17.6 Å². The first kappa shape index (κ1) is 23.3. The summed E-state index contributed by atoms with van der Waals surface area (Å²) in [5, 5.41) is 10.3. The van der Waals surface area contributed by atoms with Gasteiger partial charge in [0.2, 0.25) is 0 Å². The standard InChI is InChI=1S/C18H16F3N3O4S3/c19-18(20,21)12-5-7-13(8-6-12)24(31(27,28)14-3-1-2-4-14)22-9-10-29-17-23-15(11-30-17)16(25)26/h1-3,5-8,11,22H,4,9-10H2,(H,25,26). The van der Waals surface area contributed by atoms with Crippen molar-refractivity contribution in [3.8, 4) is 0 Å². The Labute approximate surface area is 184 Å². The zero-order valence-corrected chi connectivity index (χ0v) is 18.1. The molecule has 1 heterocycles. The van der Waals surface area contributed by atoms with Crippen molar-refractivity contribution in [3.63, 3.8) is 0 Å². The smallest absolute Gasteiger partial charge is 0.416 e. The van der Waals surface area contributed by atoms with Gasteiger partial charge in [-0.1, -0.05) is 23.9 Å². The molecular weight excluding hydrogens is 475 g/mol. The van der Waals surface area contributed by atoms with E-state index in [4.69, 9.17) is 5.11 Å². The number of carboxylic acid groups (broad SMARTS) is 1. The number of hydrogen-bond donors (Lipinski definition) is 2. The van der Waals surface area contributed by atoms with Crippen molar-refractivity contribution >= 4 is 44.8 Å². The number of nitrogens with zero attached hydrogens (tertiary/aromatic N) is 2. The molecule has 2 N–H and O–H groups in total. The number of aromatic carboxylic acids is 1. The maximum Gasteiger partial charge on any atom is 0.416 e. The third kappa shape index (κ3) is 5.67. The van der Waals surface area contributed by atoms with Crippen molar-refractivity contribution in [2.75, 3.05) is 16.7 Å². The number of sulfonamides is 1. The van der Waals surface area contributed by atoms with Crippen molar-refractivity contribution in [2.45, 2.75) is 16.9 Å². The Balaban J connectivity index is 1.73. The number of halogens is 3. The minimum Gasteiger partial charge on any atom is -0.476 e. The second-order valence-corrected chi connectivity index (χ2v) is 10.2. The topological polar surface area (TPSA) is 99.6 Å². The molecule has 0 atom stereocenters. The lowest BCUT2D eigenvalue weighted by atomic mass is 10.2. The number of hydrazine groups is 1. The van der Waals surface area contributed by atoms with Gasteiger partial charge in [-0.3, -0.25) is 0 Å². The Bertz CT molecular complexity index is 1110. The molecule has 1 aliphatic rings. The molecule has 0 saturated heterocycles. The number of thioether (sulfide) groups is 1. The summed E-state index contributed by atoms with van der Waals surface area (Å²) in [6.07, 6.45) is 0.345. The Hall–Kier alpha value is -2.35. The van der Waals surface area contributed by atoms with Crippen LogP contribution in [0.3, 0.4) is 0 Å². The van der Waals surface area contributed by atoms with Crippen LogP contribution in [0, 0.1) is 0 Å². The number of nitrogens with one attached hydrogen (secondary N) is 1. The molecular formula is C18H16F3N3O4S3. The molecule has 31 heavy (non-hydrogen) atoms. The van der Waals surface area contributed by atoms with E-state index in [-0.39, 0.29) is 29.3 Å². The van der Waals surface area contributed by atoms with Gasteiger partial charge in [0, 0.05) is 24.1 Å². The number of alkyl halides is 3. The molecule has 3 rings (SSSR count). The summed E-state index contributed by atoms with van der Waals surface area (Å²) in [6, 6.07) is 3.81. The molecule has 0 fully saturated rings. The van der Waals surface area contributed by atoms with Crippen LogP contribution in [0.2, 0.25) is 0 Å². The first-order valence-electron chi connectivity index (χ1n) is 8.72. The van der Waals surface area contributed by atoms with Gasteiger partial charge in [-0.25, -0.2) is 23.6 Å². The van der Waals surface area contributed by atoms with Crippen LogP contribution in [0.1, 0.15) is 22.5 Å². The highest BCUT2D eigenvalue weighted by molar-refractivity contribution is 8.01. The van der Waals surface area contributed by atoms with Crippen molar-refractivity contribution in [1.29, 1.82) is 0 Å². The van der Waals surface area contributed by atoms with Gasteiger partial charge in [0.25, 0.3) is 10.0 Å². The van der Waals surface area contributed by atoms with Gasteiger partial charge < -0.3 is 5.11 Å². The van der Waals surface area contributed by atoms with E-state index in [1.165, 1.54) is 23.2 Å². The van der Waals surface area contributed by atoms with E-state index in [0.717, 1.165) is 40.0 Å². The van der Waals surface area contributed by atoms with Crippen LogP contribution in [0.25, 0.3) is 0 Å². The highest BCUT2D eigenvalue weighted by Gasteiger charge is 2.32. The summed E-state index contributed by atoms with van der Waals surface area (Å²) in [5.74, 6) is -0.796. The number of anilines is 1. The fourth-order valence-electron chi connectivity index (χ4n) is 2.54. The number of hydrogen-bond acceptors (Lipinski definition) is 7. The quantitative estimate of drug-likeness (QED) is 0.309. The van der Waals surface area contributed by atoms with E-state index in [1.54, 1.807) is 12.2 Å². The highest BCUT2D eigenvalue weighted by Crippen LogP contribution is 2.32. The zero-order valence-electron chi connectivity index (χ0n) is 15.7. The number of rotatable bonds is 9. The second kappa shape index (κ2) is 9.42. The van der Waals surface area contributed by atoms with Crippen molar-refractivity contribution in [1.82, 2.24) is 10.4 Å². The number of aromatic nitrogens is 1. The van der Waals surface area contributed by atoms with Crippen LogP contribution >= 0.6 is 23.1 Å². The Kier molecular flexibility index (Phi) is 7.09. The molecule has 166 valence electrons. The summed E-state index contributed by atoms with van der Waals surface area (Å²) in [4.78, 5) is 14.9. The van der Waals surface area contributed by atoms with Gasteiger partial charge in [-0.15, -0.1) is 11.3 Å². The number of carboxylic acids is 1. The largest absolute Gasteiger partial charge is 0.476 e. The summed E-state index contributed by atoms with van der Waals surface area (Å²) < 4.78 is 65.9. The van der Waals surface area contributed by atoms with Crippen molar-refractivity contribution in [3.05, 3.63) is 64.0 Å². The molecule has 0 spiro atoms. The molecule has 1 aromatic carbocycles. The molecule has 13 heteroatoms. The predicted molar refractivity (Wildman–Crippen MR) is 112 cm³/mol. The second-order valence-electron chi connectivity index (χ2n) is 6.14. The molecule has 1 aromatic heterocycles.